The second-order valence-corrected chi connectivity index (χ2v) is 4.64. The number of phenols is 1. The van der Waals surface area contributed by atoms with Crippen molar-refractivity contribution in [1.82, 2.24) is 0 Å². The molecule has 1 aliphatic rings. The van der Waals surface area contributed by atoms with E-state index in [1.807, 2.05) is 4.90 Å². The molecular weight excluding hydrogens is 259 g/mol. The van der Waals surface area contributed by atoms with Crippen LogP contribution in [0.15, 0.2) is 18.2 Å². The summed E-state index contributed by atoms with van der Waals surface area (Å²) in [4.78, 5) is 1.98. The molecule has 0 aliphatic carbocycles. The van der Waals surface area contributed by atoms with Gasteiger partial charge < -0.3 is 14.7 Å². The summed E-state index contributed by atoms with van der Waals surface area (Å²) < 4.78 is 42.8. The zero-order valence-electron chi connectivity index (χ0n) is 10.6. The number of hydrogen-bond acceptors (Lipinski definition) is 3. The molecule has 0 radical (unpaired) electrons. The minimum Gasteiger partial charge on any atom is -0.507 e. The number of rotatable bonds is 3. The summed E-state index contributed by atoms with van der Waals surface area (Å²) >= 11 is 0. The summed E-state index contributed by atoms with van der Waals surface area (Å²) in [5, 5.41) is 9.53. The average molecular weight is 275 g/mol. The highest BCUT2D eigenvalue weighted by atomic mass is 19.4. The molecule has 3 nitrogen and oxygen atoms in total. The van der Waals surface area contributed by atoms with Crippen LogP contribution in [0.3, 0.4) is 0 Å². The maximum Gasteiger partial charge on any atom is 0.419 e. The fourth-order valence-electron chi connectivity index (χ4n) is 2.48. The molecule has 19 heavy (non-hydrogen) atoms. The number of benzene rings is 1. The van der Waals surface area contributed by atoms with Gasteiger partial charge in [0.25, 0.3) is 0 Å². The summed E-state index contributed by atoms with van der Waals surface area (Å²) in [7, 11) is 1.60. The van der Waals surface area contributed by atoms with Crippen molar-refractivity contribution in [3.05, 3.63) is 23.8 Å². The summed E-state index contributed by atoms with van der Waals surface area (Å²) in [6.07, 6.45) is -2.62. The standard InChI is InChI=1S/C13H16F3NO2/c1-19-8-10-3-2-6-17(10)9-4-5-11(12(18)7-9)13(14,15)16/h4-5,7,10,18H,2-3,6,8H2,1H3. The van der Waals surface area contributed by atoms with Gasteiger partial charge in [0.2, 0.25) is 0 Å². The molecule has 1 saturated heterocycles. The largest absolute Gasteiger partial charge is 0.507 e. The number of anilines is 1. The molecule has 1 aliphatic heterocycles. The van der Waals surface area contributed by atoms with Crippen molar-refractivity contribution in [2.75, 3.05) is 25.2 Å². The second kappa shape index (κ2) is 5.28. The maximum absolute atomic E-state index is 12.6. The first-order valence-electron chi connectivity index (χ1n) is 6.09. The summed E-state index contributed by atoms with van der Waals surface area (Å²) in [6.45, 7) is 1.29. The topological polar surface area (TPSA) is 32.7 Å². The van der Waals surface area contributed by atoms with E-state index in [0.29, 0.717) is 12.3 Å². The first-order valence-corrected chi connectivity index (χ1v) is 6.09. The highest BCUT2D eigenvalue weighted by Gasteiger charge is 2.34. The van der Waals surface area contributed by atoms with Crippen LogP contribution in [0.25, 0.3) is 0 Å². The third-order valence-electron chi connectivity index (χ3n) is 3.35. The first-order chi connectivity index (χ1) is 8.93. The van der Waals surface area contributed by atoms with Gasteiger partial charge in [-0.2, -0.15) is 13.2 Å². The van der Waals surface area contributed by atoms with Crippen LogP contribution in [0.2, 0.25) is 0 Å². The number of alkyl halides is 3. The molecule has 1 heterocycles. The molecule has 1 atom stereocenters. The highest BCUT2D eigenvalue weighted by Crippen LogP contribution is 2.38. The van der Waals surface area contributed by atoms with Crippen molar-refractivity contribution in [2.24, 2.45) is 0 Å². The van der Waals surface area contributed by atoms with E-state index >= 15 is 0 Å². The van der Waals surface area contributed by atoms with Crippen molar-refractivity contribution < 1.29 is 23.0 Å². The predicted molar refractivity (Wildman–Crippen MR) is 65.4 cm³/mol. The number of nitrogens with zero attached hydrogens (tertiary/aromatic N) is 1. The van der Waals surface area contributed by atoms with Crippen molar-refractivity contribution in [2.45, 2.75) is 25.1 Å². The van der Waals surface area contributed by atoms with Crippen LogP contribution in [0.1, 0.15) is 18.4 Å². The van der Waals surface area contributed by atoms with Crippen molar-refractivity contribution in [1.29, 1.82) is 0 Å². The first kappa shape index (κ1) is 14.0. The van der Waals surface area contributed by atoms with Gasteiger partial charge in [-0.25, -0.2) is 0 Å². The van der Waals surface area contributed by atoms with Crippen molar-refractivity contribution in [3.63, 3.8) is 0 Å². The van der Waals surface area contributed by atoms with E-state index in [1.165, 1.54) is 12.1 Å². The van der Waals surface area contributed by atoms with E-state index in [4.69, 9.17) is 4.74 Å². The molecule has 1 aromatic rings. The lowest BCUT2D eigenvalue weighted by molar-refractivity contribution is -0.138. The van der Waals surface area contributed by atoms with Crippen LogP contribution in [-0.4, -0.2) is 31.4 Å². The SMILES string of the molecule is COCC1CCCN1c1ccc(C(F)(F)F)c(O)c1. The zero-order valence-corrected chi connectivity index (χ0v) is 10.6. The number of methoxy groups -OCH3 is 1. The molecule has 1 aromatic carbocycles. The van der Waals surface area contributed by atoms with Gasteiger partial charge in [-0.15, -0.1) is 0 Å². The maximum atomic E-state index is 12.6. The Hall–Kier alpha value is -1.43. The Morgan fingerprint density at radius 1 is 1.42 bits per heavy atom. The fraction of sp³-hybridized carbons (Fsp3) is 0.538. The number of ether oxygens (including phenoxy) is 1. The van der Waals surface area contributed by atoms with Crippen molar-refractivity contribution in [3.8, 4) is 5.75 Å². The van der Waals surface area contributed by atoms with E-state index in [1.54, 1.807) is 7.11 Å². The van der Waals surface area contributed by atoms with Gasteiger partial charge in [-0.3, -0.25) is 0 Å². The molecule has 2 rings (SSSR count). The molecule has 106 valence electrons. The minimum atomic E-state index is -4.53. The van der Waals surface area contributed by atoms with Gasteiger partial charge in [0.1, 0.15) is 5.75 Å². The molecule has 0 saturated carbocycles. The van der Waals surface area contributed by atoms with E-state index in [2.05, 4.69) is 0 Å². The molecule has 0 bridgehead atoms. The molecule has 1 N–H and O–H groups in total. The summed E-state index contributed by atoms with van der Waals surface area (Å²) in [5.74, 6) is -0.729. The third kappa shape index (κ3) is 2.94. The van der Waals surface area contributed by atoms with E-state index in [9.17, 15) is 18.3 Å². The van der Waals surface area contributed by atoms with Crippen LogP contribution in [0.5, 0.6) is 5.75 Å². The Bertz CT molecular complexity index is 448. The minimum absolute atomic E-state index is 0.154. The second-order valence-electron chi connectivity index (χ2n) is 4.64. The number of hydrogen-bond donors (Lipinski definition) is 1. The lowest BCUT2D eigenvalue weighted by Crippen LogP contribution is -2.32. The molecule has 1 unspecified atom stereocenters. The Morgan fingerprint density at radius 3 is 2.74 bits per heavy atom. The Labute approximate surface area is 109 Å². The third-order valence-corrected chi connectivity index (χ3v) is 3.35. The van der Waals surface area contributed by atoms with Crippen LogP contribution < -0.4 is 4.90 Å². The molecule has 0 aromatic heterocycles. The monoisotopic (exact) mass is 275 g/mol. The summed E-state index contributed by atoms with van der Waals surface area (Å²) in [5.41, 5.74) is -0.399. The molecule has 1 fully saturated rings. The Morgan fingerprint density at radius 2 is 2.16 bits per heavy atom. The smallest absolute Gasteiger partial charge is 0.419 e. The molecule has 6 heteroatoms. The van der Waals surface area contributed by atoms with Crippen molar-refractivity contribution >= 4 is 5.69 Å². The number of phenolic OH excluding ortho intramolecular Hbond substituents is 1. The van der Waals surface area contributed by atoms with Gasteiger partial charge in [-0.1, -0.05) is 0 Å². The van der Waals surface area contributed by atoms with Gasteiger partial charge in [0.15, 0.2) is 0 Å². The van der Waals surface area contributed by atoms with Gasteiger partial charge in [0.05, 0.1) is 18.2 Å². The molecule has 0 amide bonds. The van der Waals surface area contributed by atoms with E-state index in [-0.39, 0.29) is 6.04 Å². The van der Waals surface area contributed by atoms with Gasteiger partial charge >= 0.3 is 6.18 Å². The quantitative estimate of drug-likeness (QED) is 0.920. The van der Waals surface area contributed by atoms with Crippen LogP contribution in [-0.2, 0) is 10.9 Å². The Kier molecular flexibility index (Phi) is 3.89. The van der Waals surface area contributed by atoms with Crippen LogP contribution >= 0.6 is 0 Å². The number of aromatic hydroxyl groups is 1. The fourth-order valence-corrected chi connectivity index (χ4v) is 2.48. The Balaban J connectivity index is 2.24. The van der Waals surface area contributed by atoms with Gasteiger partial charge in [-0.05, 0) is 25.0 Å². The summed E-state index contributed by atoms with van der Waals surface area (Å²) in [6, 6.07) is 3.65. The lowest BCUT2D eigenvalue weighted by atomic mass is 10.1. The molecular formula is C13H16F3NO2. The predicted octanol–water partition coefficient (Wildman–Crippen LogP) is 3.03. The highest BCUT2D eigenvalue weighted by molar-refractivity contribution is 5.55. The molecule has 0 spiro atoms. The normalized spacial score (nSPS) is 20.0. The van der Waals surface area contributed by atoms with E-state index < -0.39 is 17.5 Å². The number of halogens is 3. The van der Waals surface area contributed by atoms with E-state index in [0.717, 1.165) is 25.5 Å². The van der Waals surface area contributed by atoms with Gasteiger partial charge in [0, 0.05) is 25.4 Å². The average Bonchev–Trinajstić information content (AvgIpc) is 2.76. The van der Waals surface area contributed by atoms with Crippen LogP contribution in [0, 0.1) is 0 Å². The lowest BCUT2D eigenvalue weighted by Gasteiger charge is -2.26. The van der Waals surface area contributed by atoms with Crippen LogP contribution in [0.4, 0.5) is 18.9 Å². The zero-order chi connectivity index (χ0) is 14.0.